The Morgan fingerprint density at radius 1 is 1.11 bits per heavy atom. The highest BCUT2D eigenvalue weighted by Crippen LogP contribution is 2.28. The van der Waals surface area contributed by atoms with Crippen LogP contribution in [0, 0.1) is 0 Å². The standard InChI is InChI=1S/C23H25N3O2/c27-23(28)20-9-4-8-19(12-20)21-10-5-11-25(15-21)16-22-13-24-17-26(22)14-18-6-2-1-3-7-18/h1-4,6-9,12-13,17,21H,5,10-11,14-16H2,(H,27,28). The van der Waals surface area contributed by atoms with Crippen LogP contribution in [-0.2, 0) is 13.1 Å². The van der Waals surface area contributed by atoms with Gasteiger partial charge in [0.25, 0.3) is 0 Å². The average Bonchev–Trinajstić information content (AvgIpc) is 3.15. The Bertz CT molecular complexity index is 936. The van der Waals surface area contributed by atoms with Crippen LogP contribution >= 0.6 is 0 Å². The molecule has 5 heteroatoms. The predicted molar refractivity (Wildman–Crippen MR) is 108 cm³/mol. The molecule has 1 atom stereocenters. The summed E-state index contributed by atoms with van der Waals surface area (Å²) in [6, 6.07) is 17.8. The topological polar surface area (TPSA) is 58.4 Å². The predicted octanol–water partition coefficient (Wildman–Crippen LogP) is 4.01. The number of carboxylic acid groups (broad SMARTS) is 1. The van der Waals surface area contributed by atoms with Gasteiger partial charge in [-0.15, -0.1) is 0 Å². The van der Waals surface area contributed by atoms with E-state index in [1.807, 2.05) is 30.7 Å². The molecule has 4 rings (SSSR count). The molecule has 1 aliphatic rings. The first-order chi connectivity index (χ1) is 13.7. The van der Waals surface area contributed by atoms with Crippen LogP contribution in [0.5, 0.6) is 0 Å². The second-order valence-electron chi connectivity index (χ2n) is 7.50. The summed E-state index contributed by atoms with van der Waals surface area (Å²) in [6.07, 6.45) is 6.08. The van der Waals surface area contributed by atoms with Crippen molar-refractivity contribution in [2.75, 3.05) is 13.1 Å². The molecule has 3 aromatic rings. The van der Waals surface area contributed by atoms with E-state index in [0.717, 1.165) is 44.6 Å². The number of imidazole rings is 1. The minimum atomic E-state index is -0.862. The molecule has 0 saturated carbocycles. The normalized spacial score (nSPS) is 17.5. The molecule has 1 fully saturated rings. The van der Waals surface area contributed by atoms with Crippen molar-refractivity contribution in [1.29, 1.82) is 0 Å². The van der Waals surface area contributed by atoms with E-state index in [1.54, 1.807) is 6.07 Å². The molecule has 0 spiro atoms. The summed E-state index contributed by atoms with van der Waals surface area (Å²) in [7, 11) is 0. The number of rotatable bonds is 6. The van der Waals surface area contributed by atoms with E-state index in [0.29, 0.717) is 11.5 Å². The number of aromatic nitrogens is 2. The van der Waals surface area contributed by atoms with Gasteiger partial charge in [-0.3, -0.25) is 4.90 Å². The maximum absolute atomic E-state index is 11.3. The lowest BCUT2D eigenvalue weighted by Gasteiger charge is -2.33. The number of carboxylic acids is 1. The molecule has 1 aromatic heterocycles. The van der Waals surface area contributed by atoms with Gasteiger partial charge in [0.05, 0.1) is 17.6 Å². The van der Waals surface area contributed by atoms with E-state index in [9.17, 15) is 9.90 Å². The van der Waals surface area contributed by atoms with E-state index in [4.69, 9.17) is 0 Å². The van der Waals surface area contributed by atoms with Crippen molar-refractivity contribution in [3.63, 3.8) is 0 Å². The highest BCUT2D eigenvalue weighted by molar-refractivity contribution is 5.87. The van der Waals surface area contributed by atoms with Gasteiger partial charge in [-0.05, 0) is 48.6 Å². The molecule has 28 heavy (non-hydrogen) atoms. The van der Waals surface area contributed by atoms with Gasteiger partial charge in [0.2, 0.25) is 0 Å². The van der Waals surface area contributed by atoms with Gasteiger partial charge in [-0.1, -0.05) is 42.5 Å². The molecule has 144 valence electrons. The quantitative estimate of drug-likeness (QED) is 0.707. The maximum Gasteiger partial charge on any atom is 0.335 e. The summed E-state index contributed by atoms with van der Waals surface area (Å²) in [5.41, 5.74) is 3.98. The van der Waals surface area contributed by atoms with Gasteiger partial charge < -0.3 is 9.67 Å². The van der Waals surface area contributed by atoms with Crippen LogP contribution in [-0.4, -0.2) is 38.6 Å². The highest BCUT2D eigenvalue weighted by atomic mass is 16.4. The van der Waals surface area contributed by atoms with Crippen molar-refractivity contribution in [2.45, 2.75) is 31.8 Å². The lowest BCUT2D eigenvalue weighted by atomic mass is 9.89. The van der Waals surface area contributed by atoms with Crippen molar-refractivity contribution in [3.05, 3.63) is 89.5 Å². The van der Waals surface area contributed by atoms with E-state index < -0.39 is 5.97 Å². The molecule has 1 unspecified atom stereocenters. The van der Waals surface area contributed by atoms with Crippen LogP contribution in [0.2, 0.25) is 0 Å². The lowest BCUT2D eigenvalue weighted by molar-refractivity contribution is 0.0696. The SMILES string of the molecule is O=C(O)c1cccc(C2CCCN(Cc3cncn3Cc3ccccc3)C2)c1. The molecule has 1 aliphatic heterocycles. The van der Waals surface area contributed by atoms with Crippen LogP contribution in [0.15, 0.2) is 67.1 Å². The number of hydrogen-bond acceptors (Lipinski definition) is 3. The fourth-order valence-electron chi connectivity index (χ4n) is 4.03. The Balaban J connectivity index is 1.44. The van der Waals surface area contributed by atoms with E-state index >= 15 is 0 Å². The fourth-order valence-corrected chi connectivity index (χ4v) is 4.03. The molecule has 2 aromatic carbocycles. The molecule has 1 saturated heterocycles. The van der Waals surface area contributed by atoms with Gasteiger partial charge in [0.15, 0.2) is 0 Å². The zero-order valence-electron chi connectivity index (χ0n) is 15.9. The van der Waals surface area contributed by atoms with Gasteiger partial charge in [-0.2, -0.15) is 0 Å². The van der Waals surface area contributed by atoms with Crippen LogP contribution in [0.25, 0.3) is 0 Å². The summed E-state index contributed by atoms with van der Waals surface area (Å²) < 4.78 is 2.21. The number of likely N-dealkylation sites (tertiary alicyclic amines) is 1. The zero-order chi connectivity index (χ0) is 19.3. The molecular formula is C23H25N3O2. The van der Waals surface area contributed by atoms with Crippen molar-refractivity contribution < 1.29 is 9.90 Å². The summed E-state index contributed by atoms with van der Waals surface area (Å²) in [5, 5.41) is 9.26. The molecule has 2 heterocycles. The highest BCUT2D eigenvalue weighted by Gasteiger charge is 2.23. The van der Waals surface area contributed by atoms with E-state index in [2.05, 4.69) is 44.8 Å². The van der Waals surface area contributed by atoms with Crippen LogP contribution in [0.4, 0.5) is 0 Å². The lowest BCUT2D eigenvalue weighted by Crippen LogP contribution is -2.34. The minimum Gasteiger partial charge on any atom is -0.478 e. The third-order valence-corrected chi connectivity index (χ3v) is 5.49. The summed E-state index contributed by atoms with van der Waals surface area (Å²) >= 11 is 0. The molecule has 5 nitrogen and oxygen atoms in total. The Kier molecular flexibility index (Phi) is 5.53. The van der Waals surface area contributed by atoms with Crippen LogP contribution in [0.1, 0.15) is 45.9 Å². The van der Waals surface area contributed by atoms with Crippen molar-refractivity contribution in [1.82, 2.24) is 14.5 Å². The second kappa shape index (κ2) is 8.40. The van der Waals surface area contributed by atoms with E-state index in [-0.39, 0.29) is 0 Å². The average molecular weight is 375 g/mol. The second-order valence-corrected chi connectivity index (χ2v) is 7.50. The number of hydrogen-bond donors (Lipinski definition) is 1. The Hall–Kier alpha value is -2.92. The van der Waals surface area contributed by atoms with Gasteiger partial charge in [0, 0.05) is 25.8 Å². The van der Waals surface area contributed by atoms with Crippen molar-refractivity contribution in [3.8, 4) is 0 Å². The monoisotopic (exact) mass is 375 g/mol. The minimum absolute atomic E-state index is 0.371. The third-order valence-electron chi connectivity index (χ3n) is 5.49. The first kappa shape index (κ1) is 18.4. The largest absolute Gasteiger partial charge is 0.478 e. The molecule has 0 amide bonds. The van der Waals surface area contributed by atoms with Gasteiger partial charge >= 0.3 is 5.97 Å². The maximum atomic E-state index is 11.3. The zero-order valence-corrected chi connectivity index (χ0v) is 15.9. The summed E-state index contributed by atoms with van der Waals surface area (Å²) in [6.45, 7) is 3.70. The fraction of sp³-hybridized carbons (Fsp3) is 0.304. The van der Waals surface area contributed by atoms with Crippen molar-refractivity contribution in [2.24, 2.45) is 0 Å². The first-order valence-electron chi connectivity index (χ1n) is 9.77. The number of aromatic carboxylic acids is 1. The molecular weight excluding hydrogens is 350 g/mol. The third kappa shape index (κ3) is 4.31. The van der Waals surface area contributed by atoms with Crippen LogP contribution in [0.3, 0.4) is 0 Å². The van der Waals surface area contributed by atoms with Crippen molar-refractivity contribution >= 4 is 5.97 Å². The molecule has 0 bridgehead atoms. The number of piperidine rings is 1. The summed E-state index contributed by atoms with van der Waals surface area (Å²) in [5.74, 6) is -0.488. The first-order valence-corrected chi connectivity index (χ1v) is 9.77. The van der Waals surface area contributed by atoms with Crippen LogP contribution < -0.4 is 0 Å². The Labute approximate surface area is 165 Å². The van der Waals surface area contributed by atoms with Gasteiger partial charge in [-0.25, -0.2) is 9.78 Å². The Morgan fingerprint density at radius 2 is 1.96 bits per heavy atom. The Morgan fingerprint density at radius 3 is 2.79 bits per heavy atom. The number of carbonyl (C=O) groups is 1. The molecule has 0 radical (unpaired) electrons. The number of benzene rings is 2. The molecule has 0 aliphatic carbocycles. The van der Waals surface area contributed by atoms with E-state index in [1.165, 1.54) is 11.3 Å². The smallest absolute Gasteiger partial charge is 0.335 e. The van der Waals surface area contributed by atoms with Gasteiger partial charge in [0.1, 0.15) is 0 Å². The summed E-state index contributed by atoms with van der Waals surface area (Å²) in [4.78, 5) is 18.1. The number of nitrogens with zero attached hydrogens (tertiary/aromatic N) is 3. The molecule has 1 N–H and O–H groups in total.